The van der Waals surface area contributed by atoms with Crippen LogP contribution in [-0.2, 0) is 4.79 Å². The molecule has 3 unspecified atom stereocenters. The van der Waals surface area contributed by atoms with Crippen LogP contribution in [0.4, 0.5) is 0 Å². The Bertz CT molecular complexity index is 524. The van der Waals surface area contributed by atoms with Gasteiger partial charge in [-0.1, -0.05) is 17.4 Å². The summed E-state index contributed by atoms with van der Waals surface area (Å²) in [7, 11) is 0. The number of piperidine rings is 1. The second-order valence-electron chi connectivity index (χ2n) is 6.62. The van der Waals surface area contributed by atoms with Crippen LogP contribution in [0.15, 0.2) is 24.5 Å². The van der Waals surface area contributed by atoms with E-state index in [0.717, 1.165) is 44.9 Å². The quantitative estimate of drug-likeness (QED) is 0.784. The second-order valence-corrected chi connectivity index (χ2v) is 6.62. The molecule has 2 fully saturated rings. The number of carbonyl (C=O) groups is 1. The van der Waals surface area contributed by atoms with Crippen LogP contribution in [-0.4, -0.2) is 37.9 Å². The molecule has 4 rings (SSSR count). The molecule has 0 radical (unpaired) electrons. The van der Waals surface area contributed by atoms with Crippen molar-refractivity contribution in [1.82, 2.24) is 19.9 Å². The Morgan fingerprint density at radius 3 is 2.48 bits per heavy atom. The maximum atomic E-state index is 12.9. The largest absolute Gasteiger partial charge is 0.336 e. The molecular weight excluding hydrogens is 264 g/mol. The standard InChI is InChI=1S/C16H22N4O/c21-16(12-4-2-1-3-5-12)20-13-6-7-14(20)11-15(10-13)19-9-8-17-18-19/h1-2,8-9,12-15H,3-7,10-11H2. The lowest BCUT2D eigenvalue weighted by Gasteiger charge is -2.40. The van der Waals surface area contributed by atoms with Gasteiger partial charge in [0.2, 0.25) is 5.91 Å². The first-order valence-electron chi connectivity index (χ1n) is 8.16. The summed E-state index contributed by atoms with van der Waals surface area (Å²) in [5, 5.41) is 8.07. The van der Waals surface area contributed by atoms with Gasteiger partial charge < -0.3 is 4.90 Å². The third-order valence-electron chi connectivity index (χ3n) is 5.40. The maximum absolute atomic E-state index is 12.9. The summed E-state index contributed by atoms with van der Waals surface area (Å²) in [6.45, 7) is 0. The number of amides is 1. The number of aromatic nitrogens is 3. The first-order valence-corrected chi connectivity index (χ1v) is 8.16. The maximum Gasteiger partial charge on any atom is 0.226 e. The summed E-state index contributed by atoms with van der Waals surface area (Å²) in [5.41, 5.74) is 0. The molecule has 5 heteroatoms. The van der Waals surface area contributed by atoms with Crippen LogP contribution in [0.3, 0.4) is 0 Å². The van der Waals surface area contributed by atoms with E-state index < -0.39 is 0 Å². The van der Waals surface area contributed by atoms with E-state index >= 15 is 0 Å². The lowest BCUT2D eigenvalue weighted by molar-refractivity contribution is -0.141. The summed E-state index contributed by atoms with van der Waals surface area (Å²) in [5.74, 6) is 0.630. The van der Waals surface area contributed by atoms with E-state index in [1.165, 1.54) is 0 Å². The zero-order valence-corrected chi connectivity index (χ0v) is 12.3. The molecule has 1 aliphatic carbocycles. The Hall–Kier alpha value is -1.65. The molecule has 2 saturated heterocycles. The van der Waals surface area contributed by atoms with E-state index in [9.17, 15) is 4.79 Å². The summed E-state index contributed by atoms with van der Waals surface area (Å²) >= 11 is 0. The van der Waals surface area contributed by atoms with Crippen molar-refractivity contribution in [2.75, 3.05) is 0 Å². The van der Waals surface area contributed by atoms with Crippen molar-refractivity contribution in [2.45, 2.75) is 63.1 Å². The lowest BCUT2D eigenvalue weighted by atomic mass is 9.90. The Kier molecular flexibility index (Phi) is 3.28. The summed E-state index contributed by atoms with van der Waals surface area (Å²) in [6.07, 6.45) is 15.5. The molecule has 1 amide bonds. The van der Waals surface area contributed by atoms with Crippen LogP contribution in [0.25, 0.3) is 0 Å². The highest BCUT2D eigenvalue weighted by molar-refractivity contribution is 5.80. The van der Waals surface area contributed by atoms with Gasteiger partial charge in [0.15, 0.2) is 0 Å². The molecule has 0 spiro atoms. The van der Waals surface area contributed by atoms with Crippen LogP contribution in [0.5, 0.6) is 0 Å². The van der Waals surface area contributed by atoms with Gasteiger partial charge in [0.05, 0.1) is 12.2 Å². The van der Waals surface area contributed by atoms with Gasteiger partial charge in [-0.05, 0) is 44.9 Å². The summed E-state index contributed by atoms with van der Waals surface area (Å²) in [4.78, 5) is 15.1. The fourth-order valence-electron chi connectivity index (χ4n) is 4.36. The molecule has 2 bridgehead atoms. The highest BCUT2D eigenvalue weighted by atomic mass is 16.2. The second kappa shape index (κ2) is 5.28. The molecule has 1 aromatic heterocycles. The Balaban J connectivity index is 1.49. The van der Waals surface area contributed by atoms with E-state index in [2.05, 4.69) is 27.4 Å². The van der Waals surface area contributed by atoms with Crippen molar-refractivity contribution in [3.05, 3.63) is 24.5 Å². The van der Waals surface area contributed by atoms with Crippen molar-refractivity contribution < 1.29 is 4.79 Å². The minimum absolute atomic E-state index is 0.223. The molecule has 0 saturated carbocycles. The molecule has 2 aliphatic heterocycles. The Morgan fingerprint density at radius 2 is 1.86 bits per heavy atom. The van der Waals surface area contributed by atoms with Crippen LogP contribution >= 0.6 is 0 Å². The first-order chi connectivity index (χ1) is 10.3. The first kappa shape index (κ1) is 13.0. The van der Waals surface area contributed by atoms with Gasteiger partial charge in [-0.15, -0.1) is 5.10 Å². The monoisotopic (exact) mass is 286 g/mol. The van der Waals surface area contributed by atoms with E-state index in [0.29, 0.717) is 24.0 Å². The van der Waals surface area contributed by atoms with Gasteiger partial charge in [-0.2, -0.15) is 0 Å². The highest BCUT2D eigenvalue weighted by Gasteiger charge is 2.45. The number of hydrogen-bond acceptors (Lipinski definition) is 3. The number of fused-ring (bicyclic) bond motifs is 2. The summed E-state index contributed by atoms with van der Waals surface area (Å²) < 4.78 is 1.98. The van der Waals surface area contributed by atoms with Gasteiger partial charge in [-0.3, -0.25) is 4.79 Å². The predicted octanol–water partition coefficient (Wildman–Crippen LogP) is 2.33. The normalized spacial score (nSPS) is 35.1. The molecule has 112 valence electrons. The number of carbonyl (C=O) groups excluding carboxylic acids is 1. The van der Waals surface area contributed by atoms with Crippen LogP contribution in [0.2, 0.25) is 0 Å². The van der Waals surface area contributed by atoms with E-state index in [1.807, 2.05) is 10.9 Å². The molecule has 3 atom stereocenters. The van der Waals surface area contributed by atoms with Crippen molar-refractivity contribution >= 4 is 5.91 Å². The Labute approximate surface area is 125 Å². The van der Waals surface area contributed by atoms with Gasteiger partial charge in [-0.25, -0.2) is 4.68 Å². The number of allylic oxidation sites excluding steroid dienone is 2. The molecule has 1 aromatic rings. The number of rotatable bonds is 2. The van der Waals surface area contributed by atoms with Crippen LogP contribution in [0.1, 0.15) is 51.0 Å². The third kappa shape index (κ3) is 2.28. The Morgan fingerprint density at radius 1 is 1.05 bits per heavy atom. The zero-order chi connectivity index (χ0) is 14.2. The van der Waals surface area contributed by atoms with Crippen molar-refractivity contribution in [3.8, 4) is 0 Å². The van der Waals surface area contributed by atoms with Crippen molar-refractivity contribution in [1.29, 1.82) is 0 Å². The van der Waals surface area contributed by atoms with E-state index in [-0.39, 0.29) is 5.92 Å². The fourth-order valence-corrected chi connectivity index (χ4v) is 4.36. The molecule has 3 aliphatic rings. The lowest BCUT2D eigenvalue weighted by Crippen LogP contribution is -2.49. The number of hydrogen-bond donors (Lipinski definition) is 0. The van der Waals surface area contributed by atoms with Gasteiger partial charge >= 0.3 is 0 Å². The smallest absolute Gasteiger partial charge is 0.226 e. The topological polar surface area (TPSA) is 51.0 Å². The summed E-state index contributed by atoms with van der Waals surface area (Å²) in [6, 6.07) is 1.24. The van der Waals surface area contributed by atoms with E-state index in [4.69, 9.17) is 0 Å². The average Bonchev–Trinajstić information content (AvgIpc) is 3.14. The minimum atomic E-state index is 0.223. The molecule has 3 heterocycles. The minimum Gasteiger partial charge on any atom is -0.336 e. The molecule has 21 heavy (non-hydrogen) atoms. The van der Waals surface area contributed by atoms with Gasteiger partial charge in [0.25, 0.3) is 0 Å². The van der Waals surface area contributed by atoms with Gasteiger partial charge in [0, 0.05) is 24.2 Å². The average molecular weight is 286 g/mol. The van der Waals surface area contributed by atoms with Crippen LogP contribution < -0.4 is 0 Å². The number of nitrogens with zero attached hydrogens (tertiary/aromatic N) is 4. The molecule has 0 aromatic carbocycles. The van der Waals surface area contributed by atoms with E-state index in [1.54, 1.807) is 6.20 Å². The predicted molar refractivity (Wildman–Crippen MR) is 78.4 cm³/mol. The van der Waals surface area contributed by atoms with Crippen molar-refractivity contribution in [2.24, 2.45) is 5.92 Å². The highest BCUT2D eigenvalue weighted by Crippen LogP contribution is 2.42. The van der Waals surface area contributed by atoms with Crippen molar-refractivity contribution in [3.63, 3.8) is 0 Å². The zero-order valence-electron chi connectivity index (χ0n) is 12.3. The molecule has 0 N–H and O–H groups in total. The van der Waals surface area contributed by atoms with Crippen LogP contribution in [0, 0.1) is 5.92 Å². The SMILES string of the molecule is O=C(C1CC=CCC1)N1C2CCC1CC(n1ccnn1)C2. The van der Waals surface area contributed by atoms with Gasteiger partial charge in [0.1, 0.15) is 0 Å². The third-order valence-corrected chi connectivity index (χ3v) is 5.40. The molecule has 5 nitrogen and oxygen atoms in total. The fraction of sp³-hybridized carbons (Fsp3) is 0.688. The molecular formula is C16H22N4O.